The van der Waals surface area contributed by atoms with Crippen LogP contribution in [0.5, 0.6) is 0 Å². The molecule has 0 radical (unpaired) electrons. The first-order chi connectivity index (χ1) is 16.5. The number of hydrogen-bond donors (Lipinski definition) is 0. The first-order valence-electron chi connectivity index (χ1n) is 13.3. The van der Waals surface area contributed by atoms with Gasteiger partial charge >= 0.3 is 0 Å². The molecule has 0 unspecified atom stereocenters. The van der Waals surface area contributed by atoms with Crippen molar-refractivity contribution in [1.82, 2.24) is 4.98 Å². The lowest BCUT2D eigenvalue weighted by molar-refractivity contribution is 0.145. The number of aryl methyl sites for hydroxylation is 2. The number of benzene rings is 2. The van der Waals surface area contributed by atoms with Crippen LogP contribution in [0.1, 0.15) is 79.3 Å². The maximum atomic E-state index is 7.32. The molecule has 2 bridgehead atoms. The summed E-state index contributed by atoms with van der Waals surface area (Å²) in [6.07, 6.45) is 14.7. The van der Waals surface area contributed by atoms with Gasteiger partial charge in [-0.05, 0) is 68.1 Å². The molecule has 0 spiro atoms. The Morgan fingerprint density at radius 2 is 1.18 bits per heavy atom. The molecule has 0 saturated carbocycles. The van der Waals surface area contributed by atoms with Crippen LogP contribution < -0.4 is 0 Å². The van der Waals surface area contributed by atoms with E-state index in [4.69, 9.17) is 9.41 Å². The maximum absolute atomic E-state index is 7.32. The number of hydrogen-bond acceptors (Lipinski definition) is 2. The normalized spacial score (nSPS) is 16.2. The lowest BCUT2D eigenvalue weighted by atomic mass is 9.78. The van der Waals surface area contributed by atoms with Gasteiger partial charge in [0.25, 0.3) is 0 Å². The Balaban J connectivity index is 1.94. The number of aromatic nitrogens is 1. The minimum atomic E-state index is -1.97. The number of nitrogens with zero attached hydrogens (tertiary/aromatic N) is 1. The van der Waals surface area contributed by atoms with Crippen LogP contribution in [0.2, 0.25) is 19.6 Å². The van der Waals surface area contributed by atoms with Crippen LogP contribution in [0.25, 0.3) is 0 Å². The van der Waals surface area contributed by atoms with Gasteiger partial charge in [0, 0.05) is 17.5 Å². The topological polar surface area (TPSA) is 22.1 Å². The number of rotatable bonds is 5. The summed E-state index contributed by atoms with van der Waals surface area (Å²) in [5.41, 5.74) is 5.54. The van der Waals surface area contributed by atoms with Crippen LogP contribution in [0.15, 0.2) is 72.9 Å². The van der Waals surface area contributed by atoms with Gasteiger partial charge in [-0.2, -0.15) is 0 Å². The van der Waals surface area contributed by atoms with Crippen molar-refractivity contribution in [2.45, 2.75) is 89.5 Å². The van der Waals surface area contributed by atoms with Gasteiger partial charge in [-0.3, -0.25) is 4.98 Å². The second-order valence-corrected chi connectivity index (χ2v) is 15.2. The molecule has 2 aromatic carbocycles. The van der Waals surface area contributed by atoms with E-state index in [2.05, 4.69) is 92.6 Å². The molecule has 2 aliphatic rings. The fourth-order valence-corrected chi connectivity index (χ4v) is 6.58. The smallest absolute Gasteiger partial charge is 0.185 e. The second kappa shape index (κ2) is 11.5. The fourth-order valence-electron chi connectivity index (χ4n) is 5.31. The van der Waals surface area contributed by atoms with E-state index in [1.807, 2.05) is 0 Å². The molecule has 3 heteroatoms. The second-order valence-electron chi connectivity index (χ2n) is 10.8. The molecule has 0 fully saturated rings. The third kappa shape index (κ3) is 6.06. The molecule has 1 aromatic heterocycles. The van der Waals surface area contributed by atoms with Crippen molar-refractivity contribution in [1.29, 1.82) is 0 Å². The maximum Gasteiger partial charge on any atom is 0.185 e. The van der Waals surface area contributed by atoms with Crippen LogP contribution in [-0.2, 0) is 22.9 Å². The average molecular weight is 472 g/mol. The molecule has 3 aromatic rings. The predicted molar refractivity (Wildman–Crippen MR) is 146 cm³/mol. The van der Waals surface area contributed by atoms with Crippen molar-refractivity contribution in [3.05, 3.63) is 101 Å². The third-order valence-corrected chi connectivity index (χ3v) is 7.77. The van der Waals surface area contributed by atoms with Crippen LogP contribution in [0.4, 0.5) is 0 Å². The summed E-state index contributed by atoms with van der Waals surface area (Å²) in [5.74, 6) is 0. The molecule has 1 aliphatic heterocycles. The van der Waals surface area contributed by atoms with E-state index in [-0.39, 0.29) is 0 Å². The number of fused-ring (bicyclic) bond motifs is 11. The van der Waals surface area contributed by atoms with Crippen molar-refractivity contribution in [2.24, 2.45) is 0 Å². The van der Waals surface area contributed by atoms with Gasteiger partial charge in [0.2, 0.25) is 0 Å². The van der Waals surface area contributed by atoms with Gasteiger partial charge in [-0.25, -0.2) is 0 Å². The Bertz CT molecular complexity index is 987. The molecule has 5 rings (SSSR count). The minimum Gasteiger partial charge on any atom is -0.400 e. The Hall–Kier alpha value is -2.23. The van der Waals surface area contributed by atoms with Gasteiger partial charge < -0.3 is 4.43 Å². The fraction of sp³-hybridized carbons (Fsp3) is 0.452. The van der Waals surface area contributed by atoms with Crippen LogP contribution in [-0.4, -0.2) is 13.3 Å². The van der Waals surface area contributed by atoms with Crippen molar-refractivity contribution in [3.8, 4) is 0 Å². The van der Waals surface area contributed by atoms with Gasteiger partial charge in [0.05, 0.1) is 0 Å². The monoisotopic (exact) mass is 471 g/mol. The van der Waals surface area contributed by atoms with E-state index >= 15 is 0 Å². The molecule has 1 aliphatic carbocycles. The van der Waals surface area contributed by atoms with E-state index < -0.39 is 13.9 Å². The van der Waals surface area contributed by atoms with Gasteiger partial charge in [0.1, 0.15) is 5.60 Å². The van der Waals surface area contributed by atoms with E-state index in [1.54, 1.807) is 0 Å². The molecule has 0 atom stereocenters. The van der Waals surface area contributed by atoms with Gasteiger partial charge in [0.15, 0.2) is 8.32 Å². The number of pyridine rings is 1. The van der Waals surface area contributed by atoms with Crippen LogP contribution >= 0.6 is 0 Å². The van der Waals surface area contributed by atoms with Crippen molar-refractivity contribution in [3.63, 3.8) is 0 Å². The predicted octanol–water partition coefficient (Wildman–Crippen LogP) is 8.44. The molecule has 0 saturated heterocycles. The summed E-state index contributed by atoms with van der Waals surface area (Å²) in [5, 5.41) is 0. The molecular formula is C31H41NOSi. The SMILES string of the molecule is C[Si](C)(C)OC(c1ccccc1)(c1ccccc1)c1cc2cnc1CCCCCCCCCC2. The Kier molecular flexibility index (Phi) is 8.39. The first kappa shape index (κ1) is 24.9. The summed E-state index contributed by atoms with van der Waals surface area (Å²) in [4.78, 5) is 5.13. The summed E-state index contributed by atoms with van der Waals surface area (Å²) >= 11 is 0. The standard InChI is InChI=1S/C31H41NOSi/c1-34(2,3)33-31(27-19-13-10-14-20-27,28-21-15-11-16-22-28)29-24-26-18-12-8-6-4-5-7-9-17-23-30(29)32-25-26/h10-11,13-16,19-22,24-25H,4-9,12,17-18,23H2,1-3H3. The van der Waals surface area contributed by atoms with Crippen LogP contribution in [0, 0.1) is 0 Å². The lowest BCUT2D eigenvalue weighted by Gasteiger charge is -2.42. The molecular weight excluding hydrogens is 430 g/mol. The van der Waals surface area contributed by atoms with Crippen LogP contribution in [0.3, 0.4) is 0 Å². The Labute approximate surface area is 207 Å². The highest BCUT2D eigenvalue weighted by molar-refractivity contribution is 6.69. The van der Waals surface area contributed by atoms with Crippen molar-refractivity contribution >= 4 is 8.32 Å². The largest absolute Gasteiger partial charge is 0.400 e. The quantitative estimate of drug-likeness (QED) is 0.348. The zero-order valence-corrected chi connectivity index (χ0v) is 22.4. The highest BCUT2D eigenvalue weighted by Crippen LogP contribution is 2.44. The van der Waals surface area contributed by atoms with E-state index in [0.717, 1.165) is 12.8 Å². The summed E-state index contributed by atoms with van der Waals surface area (Å²) in [6.45, 7) is 6.91. The molecule has 34 heavy (non-hydrogen) atoms. The molecule has 0 amide bonds. The van der Waals surface area contributed by atoms with Crippen molar-refractivity contribution < 1.29 is 4.43 Å². The molecule has 2 nitrogen and oxygen atoms in total. The zero-order chi connectivity index (χ0) is 23.9. The van der Waals surface area contributed by atoms with Crippen molar-refractivity contribution in [2.75, 3.05) is 0 Å². The highest BCUT2D eigenvalue weighted by Gasteiger charge is 2.43. The van der Waals surface area contributed by atoms with E-state index in [1.165, 1.54) is 79.3 Å². The third-order valence-electron chi connectivity index (χ3n) is 6.86. The zero-order valence-electron chi connectivity index (χ0n) is 21.4. The highest BCUT2D eigenvalue weighted by atomic mass is 28.4. The molecule has 2 heterocycles. The molecule has 0 N–H and O–H groups in total. The average Bonchev–Trinajstić information content (AvgIpc) is 2.85. The molecule has 180 valence electrons. The Morgan fingerprint density at radius 1 is 0.676 bits per heavy atom. The first-order valence-corrected chi connectivity index (χ1v) is 16.7. The summed E-state index contributed by atoms with van der Waals surface area (Å²) in [6, 6.07) is 24.2. The van der Waals surface area contributed by atoms with Gasteiger partial charge in [-0.15, -0.1) is 0 Å². The van der Waals surface area contributed by atoms with Gasteiger partial charge in [-0.1, -0.05) is 99.2 Å². The Morgan fingerprint density at radius 3 is 1.71 bits per heavy atom. The summed E-state index contributed by atoms with van der Waals surface area (Å²) < 4.78 is 7.32. The van der Waals surface area contributed by atoms with E-state index in [0.29, 0.717) is 0 Å². The minimum absolute atomic E-state index is 0.650. The lowest BCUT2D eigenvalue weighted by Crippen LogP contribution is -2.43. The van der Waals surface area contributed by atoms with E-state index in [9.17, 15) is 0 Å². The summed E-state index contributed by atoms with van der Waals surface area (Å²) in [7, 11) is -1.97.